The zero-order chi connectivity index (χ0) is 30.5. The molecule has 2 aliphatic heterocycles. The summed E-state index contributed by atoms with van der Waals surface area (Å²) in [5.41, 5.74) is 8.05. The molecule has 0 aromatic heterocycles. The van der Waals surface area contributed by atoms with Gasteiger partial charge < -0.3 is 9.80 Å². The van der Waals surface area contributed by atoms with E-state index in [2.05, 4.69) is 131 Å². The van der Waals surface area contributed by atoms with E-state index in [1.165, 1.54) is 115 Å². The Morgan fingerprint density at radius 2 is 0.739 bits per heavy atom. The molecule has 2 heterocycles. The molecule has 0 amide bonds. The van der Waals surface area contributed by atoms with Crippen LogP contribution in [0.2, 0.25) is 0 Å². The molecule has 0 unspecified atom stereocenters. The van der Waals surface area contributed by atoms with E-state index in [9.17, 15) is 0 Å². The van der Waals surface area contributed by atoms with Gasteiger partial charge >= 0.3 is 0 Å². The second kappa shape index (κ2) is 11.5. The molecule has 2 fully saturated rings. The number of hydrogen-bond donors (Lipinski definition) is 0. The van der Waals surface area contributed by atoms with Crippen molar-refractivity contribution in [3.63, 3.8) is 0 Å². The first-order valence-corrected chi connectivity index (χ1v) is 17.3. The molecule has 0 spiro atoms. The Kier molecular flexibility index (Phi) is 6.88. The third kappa shape index (κ3) is 4.62. The molecule has 2 saturated heterocycles. The van der Waals surface area contributed by atoms with Gasteiger partial charge in [0.15, 0.2) is 0 Å². The van der Waals surface area contributed by atoms with E-state index in [1.54, 1.807) is 0 Å². The predicted octanol–water partition coefficient (Wildman–Crippen LogP) is 11.6. The van der Waals surface area contributed by atoms with Crippen LogP contribution in [-0.2, 0) is 0 Å². The molecule has 2 aliphatic rings. The van der Waals surface area contributed by atoms with Gasteiger partial charge in [-0.05, 0) is 128 Å². The van der Waals surface area contributed by atoms with Crippen molar-refractivity contribution in [2.45, 2.75) is 38.5 Å². The van der Waals surface area contributed by atoms with E-state index in [-0.39, 0.29) is 0 Å². The van der Waals surface area contributed by atoms with Crippen molar-refractivity contribution >= 4 is 54.5 Å². The minimum atomic E-state index is 1.14. The van der Waals surface area contributed by atoms with E-state index < -0.39 is 0 Å². The lowest BCUT2D eigenvalue weighted by Gasteiger charge is -2.30. The Morgan fingerprint density at radius 3 is 1.20 bits per heavy atom. The van der Waals surface area contributed by atoms with Crippen LogP contribution < -0.4 is 9.80 Å². The van der Waals surface area contributed by atoms with Crippen LogP contribution in [0.15, 0.2) is 121 Å². The molecule has 0 atom stereocenters. The second-order valence-corrected chi connectivity index (χ2v) is 13.4. The monoisotopic (exact) mass is 596 g/mol. The van der Waals surface area contributed by atoms with E-state index >= 15 is 0 Å². The highest BCUT2D eigenvalue weighted by molar-refractivity contribution is 6.26. The smallest absolute Gasteiger partial charge is 0.0372 e. The summed E-state index contributed by atoms with van der Waals surface area (Å²) < 4.78 is 0. The van der Waals surface area contributed by atoms with Crippen molar-refractivity contribution in [1.82, 2.24) is 0 Å². The largest absolute Gasteiger partial charge is 0.372 e. The number of anilines is 2. The molecule has 2 nitrogen and oxygen atoms in total. The fraction of sp³-hybridized carbons (Fsp3) is 0.227. The van der Waals surface area contributed by atoms with Gasteiger partial charge in [-0.1, -0.05) is 97.1 Å². The average Bonchev–Trinajstić information content (AvgIpc) is 3.14. The highest BCUT2D eigenvalue weighted by Gasteiger charge is 2.22. The maximum Gasteiger partial charge on any atom is 0.0372 e. The molecular formula is C44H40N2. The first-order valence-electron chi connectivity index (χ1n) is 17.3. The Labute approximate surface area is 271 Å². The van der Waals surface area contributed by atoms with Gasteiger partial charge in [-0.25, -0.2) is 0 Å². The van der Waals surface area contributed by atoms with Crippen LogP contribution in [0.3, 0.4) is 0 Å². The van der Waals surface area contributed by atoms with Crippen molar-refractivity contribution in [3.05, 3.63) is 121 Å². The standard InChI is InChI=1S/C44H40N2/c1-7-25-45(26-8-1)33-21-23-39-41(29-33)43(37-19-11-15-31-13-3-5-17-35(31)37)40-24-22-34(46-27-9-2-10-28-46)30-42(40)44(39)38-20-12-16-32-14-4-6-18-36(32)38/h3-6,11-24,29-30H,1-2,7-10,25-28H2. The summed E-state index contributed by atoms with van der Waals surface area (Å²) in [6.45, 7) is 4.55. The summed E-state index contributed by atoms with van der Waals surface area (Å²) in [7, 11) is 0. The summed E-state index contributed by atoms with van der Waals surface area (Å²) in [5, 5.41) is 10.6. The Hall–Kier alpha value is -4.82. The summed E-state index contributed by atoms with van der Waals surface area (Å²) in [6.07, 6.45) is 7.75. The topological polar surface area (TPSA) is 6.48 Å². The van der Waals surface area contributed by atoms with E-state index in [0.29, 0.717) is 0 Å². The lowest BCUT2D eigenvalue weighted by molar-refractivity contribution is 0.578. The summed E-state index contributed by atoms with van der Waals surface area (Å²) in [4.78, 5) is 5.22. The van der Waals surface area contributed by atoms with Crippen LogP contribution in [-0.4, -0.2) is 26.2 Å². The molecule has 226 valence electrons. The molecule has 0 N–H and O–H groups in total. The maximum atomic E-state index is 2.61. The van der Waals surface area contributed by atoms with Gasteiger partial charge in [0.1, 0.15) is 0 Å². The van der Waals surface area contributed by atoms with Gasteiger partial charge in [0, 0.05) is 37.6 Å². The van der Waals surface area contributed by atoms with Crippen molar-refractivity contribution in [3.8, 4) is 22.3 Å². The van der Waals surface area contributed by atoms with Gasteiger partial charge in [0.05, 0.1) is 0 Å². The average molecular weight is 597 g/mol. The number of nitrogens with zero attached hydrogens (tertiary/aromatic N) is 2. The molecule has 0 saturated carbocycles. The Morgan fingerprint density at radius 1 is 0.326 bits per heavy atom. The number of fused-ring (bicyclic) bond motifs is 4. The molecule has 7 aromatic carbocycles. The van der Waals surface area contributed by atoms with E-state index in [4.69, 9.17) is 0 Å². The quantitative estimate of drug-likeness (QED) is 0.187. The SMILES string of the molecule is c1ccc2c(-c3c4ccc(N5CCCCC5)cc4c(-c4cccc5ccccc45)c4ccc(N5CCCCC5)cc34)cccc2c1. The van der Waals surface area contributed by atoms with Crippen LogP contribution in [0.4, 0.5) is 11.4 Å². The van der Waals surface area contributed by atoms with Crippen LogP contribution in [0.5, 0.6) is 0 Å². The molecule has 7 aromatic rings. The van der Waals surface area contributed by atoms with Crippen molar-refractivity contribution in [1.29, 1.82) is 0 Å². The minimum absolute atomic E-state index is 1.14. The fourth-order valence-electron chi connectivity index (χ4n) is 8.37. The van der Waals surface area contributed by atoms with Crippen LogP contribution >= 0.6 is 0 Å². The molecule has 0 radical (unpaired) electrons. The molecule has 9 rings (SSSR count). The third-order valence-electron chi connectivity index (χ3n) is 10.6. The molecule has 0 bridgehead atoms. The minimum Gasteiger partial charge on any atom is -0.372 e. The number of benzene rings is 7. The number of hydrogen-bond acceptors (Lipinski definition) is 2. The number of piperidine rings is 2. The summed E-state index contributed by atoms with van der Waals surface area (Å²) in [5.74, 6) is 0. The van der Waals surface area contributed by atoms with E-state index in [1.807, 2.05) is 0 Å². The predicted molar refractivity (Wildman–Crippen MR) is 199 cm³/mol. The van der Waals surface area contributed by atoms with Crippen LogP contribution in [0, 0.1) is 0 Å². The highest BCUT2D eigenvalue weighted by Crippen LogP contribution is 2.48. The Bertz CT molecular complexity index is 2060. The van der Waals surface area contributed by atoms with Crippen LogP contribution in [0.25, 0.3) is 65.3 Å². The molecule has 46 heavy (non-hydrogen) atoms. The van der Waals surface area contributed by atoms with Crippen molar-refractivity contribution in [2.24, 2.45) is 0 Å². The Balaban J connectivity index is 1.43. The lowest BCUT2D eigenvalue weighted by Crippen LogP contribution is -2.29. The zero-order valence-corrected chi connectivity index (χ0v) is 26.5. The van der Waals surface area contributed by atoms with Gasteiger partial charge in [-0.3, -0.25) is 0 Å². The lowest BCUT2D eigenvalue weighted by atomic mass is 9.83. The first-order chi connectivity index (χ1) is 22.8. The van der Waals surface area contributed by atoms with Gasteiger partial charge in [-0.2, -0.15) is 0 Å². The summed E-state index contributed by atoms with van der Waals surface area (Å²) in [6, 6.07) is 46.2. The van der Waals surface area contributed by atoms with Gasteiger partial charge in [-0.15, -0.1) is 0 Å². The second-order valence-electron chi connectivity index (χ2n) is 13.4. The van der Waals surface area contributed by atoms with E-state index in [0.717, 1.165) is 26.2 Å². The molecule has 0 aliphatic carbocycles. The maximum absolute atomic E-state index is 2.61. The highest BCUT2D eigenvalue weighted by atomic mass is 15.1. The van der Waals surface area contributed by atoms with Crippen LogP contribution in [0.1, 0.15) is 38.5 Å². The van der Waals surface area contributed by atoms with Crippen molar-refractivity contribution < 1.29 is 0 Å². The third-order valence-corrected chi connectivity index (χ3v) is 10.6. The van der Waals surface area contributed by atoms with Crippen molar-refractivity contribution in [2.75, 3.05) is 36.0 Å². The normalized spacial score (nSPS) is 15.7. The molecular weight excluding hydrogens is 556 g/mol. The molecule has 2 heteroatoms. The fourth-order valence-corrected chi connectivity index (χ4v) is 8.37. The number of rotatable bonds is 4. The van der Waals surface area contributed by atoms with Gasteiger partial charge in [0.2, 0.25) is 0 Å². The zero-order valence-electron chi connectivity index (χ0n) is 26.5. The van der Waals surface area contributed by atoms with Gasteiger partial charge in [0.25, 0.3) is 0 Å². The first kappa shape index (κ1) is 27.5. The summed E-state index contributed by atoms with van der Waals surface area (Å²) >= 11 is 0.